The van der Waals surface area contributed by atoms with Crippen molar-refractivity contribution < 1.29 is 4.79 Å². The number of amides is 1. The number of hydrogen-bond acceptors (Lipinski definition) is 1. The highest BCUT2D eigenvalue weighted by Crippen LogP contribution is 2.21. The number of rotatable bonds is 2. The lowest BCUT2D eigenvalue weighted by Gasteiger charge is -2.15. The maximum absolute atomic E-state index is 10.5. The Balaban J connectivity index is 2.67. The molecule has 0 fully saturated rings. The molecule has 15 heavy (non-hydrogen) atoms. The van der Waals surface area contributed by atoms with Crippen molar-refractivity contribution in [2.24, 2.45) is 5.92 Å². The first-order valence-corrected chi connectivity index (χ1v) is 5.82. The molecule has 1 N–H and O–H groups in total. The normalized spacial score (nSPS) is 27.7. The maximum atomic E-state index is 10.5. The molecule has 0 bridgehead atoms. The monoisotopic (exact) mass is 207 g/mol. The van der Waals surface area contributed by atoms with E-state index >= 15 is 0 Å². The highest BCUT2D eigenvalue weighted by molar-refractivity contribution is 5.53. The van der Waals surface area contributed by atoms with Crippen LogP contribution in [-0.4, -0.2) is 6.41 Å². The van der Waals surface area contributed by atoms with Crippen LogP contribution in [-0.2, 0) is 4.79 Å². The number of allylic oxidation sites excluding steroid dienone is 2. The molecule has 84 valence electrons. The fraction of sp³-hybridized carbons (Fsp3) is 0.615. The molecule has 0 aliphatic heterocycles. The predicted molar refractivity (Wildman–Crippen MR) is 63.3 cm³/mol. The molecule has 0 radical (unpaired) electrons. The first kappa shape index (κ1) is 12.0. The summed E-state index contributed by atoms with van der Waals surface area (Å²) in [6.45, 7) is 6.29. The van der Waals surface area contributed by atoms with Crippen molar-refractivity contribution in [3.05, 3.63) is 23.9 Å². The lowest BCUT2D eigenvalue weighted by Crippen LogP contribution is -2.13. The molecule has 0 aromatic carbocycles. The third-order valence-corrected chi connectivity index (χ3v) is 3.00. The summed E-state index contributed by atoms with van der Waals surface area (Å²) < 4.78 is 0. The van der Waals surface area contributed by atoms with Crippen LogP contribution in [0.15, 0.2) is 23.9 Å². The lowest BCUT2D eigenvalue weighted by molar-refractivity contribution is -0.108. The van der Waals surface area contributed by atoms with Crippen molar-refractivity contribution in [3.63, 3.8) is 0 Å². The Morgan fingerprint density at radius 3 is 3.00 bits per heavy atom. The molecule has 1 aliphatic rings. The van der Waals surface area contributed by atoms with Gasteiger partial charge >= 0.3 is 0 Å². The summed E-state index contributed by atoms with van der Waals surface area (Å²) in [6.07, 6.45) is 9.97. The Bertz CT molecular complexity index is 255. The van der Waals surface area contributed by atoms with Crippen LogP contribution in [0, 0.1) is 5.92 Å². The molecule has 1 amide bonds. The third kappa shape index (κ3) is 4.32. The largest absolute Gasteiger partial charge is 0.329 e. The van der Waals surface area contributed by atoms with E-state index in [0.29, 0.717) is 5.92 Å². The molecule has 1 aliphatic carbocycles. The van der Waals surface area contributed by atoms with Gasteiger partial charge in [0.15, 0.2) is 0 Å². The van der Waals surface area contributed by atoms with E-state index in [-0.39, 0.29) is 0 Å². The van der Waals surface area contributed by atoms with E-state index in [4.69, 9.17) is 0 Å². The fourth-order valence-electron chi connectivity index (χ4n) is 1.95. The maximum Gasteiger partial charge on any atom is 0.211 e. The van der Waals surface area contributed by atoms with E-state index in [9.17, 15) is 4.79 Å². The van der Waals surface area contributed by atoms with Gasteiger partial charge in [-0.3, -0.25) is 4.79 Å². The van der Waals surface area contributed by atoms with Crippen molar-refractivity contribution in [2.45, 2.75) is 45.4 Å². The van der Waals surface area contributed by atoms with E-state index in [0.717, 1.165) is 30.5 Å². The Morgan fingerprint density at radius 2 is 2.27 bits per heavy atom. The molecular formula is C13H21NO. The minimum absolute atomic E-state index is 0.708. The molecule has 1 atom stereocenters. The molecule has 0 saturated carbocycles. The summed E-state index contributed by atoms with van der Waals surface area (Å²) in [5.74, 6) is 0.708. The topological polar surface area (TPSA) is 29.1 Å². The van der Waals surface area contributed by atoms with E-state index in [1.165, 1.54) is 25.7 Å². The zero-order valence-corrected chi connectivity index (χ0v) is 9.59. The van der Waals surface area contributed by atoms with Gasteiger partial charge in [0.1, 0.15) is 0 Å². The zero-order valence-electron chi connectivity index (χ0n) is 9.59. The smallest absolute Gasteiger partial charge is 0.211 e. The Labute approximate surface area is 92.4 Å². The molecule has 0 spiro atoms. The van der Waals surface area contributed by atoms with Crippen LogP contribution < -0.4 is 5.32 Å². The Morgan fingerprint density at radius 1 is 1.47 bits per heavy atom. The van der Waals surface area contributed by atoms with Crippen molar-refractivity contribution in [1.29, 1.82) is 0 Å². The Hall–Kier alpha value is -1.05. The Kier molecular flexibility index (Phi) is 5.16. The molecule has 0 aromatic rings. The summed E-state index contributed by atoms with van der Waals surface area (Å²) >= 11 is 0. The standard InChI is InChI=1S/C13H21NO/c1-11-6-4-3-5-7-12(2)13(9-8-11)14-10-15/h9-11H,2-8H2,1H3,(H,14,15)/b13-9+. The fourth-order valence-corrected chi connectivity index (χ4v) is 1.95. The molecule has 0 heterocycles. The van der Waals surface area contributed by atoms with Gasteiger partial charge < -0.3 is 5.32 Å². The SMILES string of the molecule is C=C1CCCCCC(C)C/C=C\1NC=O. The summed E-state index contributed by atoms with van der Waals surface area (Å²) in [5.41, 5.74) is 2.00. The highest BCUT2D eigenvalue weighted by Gasteiger charge is 2.07. The van der Waals surface area contributed by atoms with Crippen LogP contribution >= 0.6 is 0 Å². The minimum Gasteiger partial charge on any atom is -0.329 e. The molecule has 1 rings (SSSR count). The number of nitrogens with one attached hydrogen (secondary N) is 1. The van der Waals surface area contributed by atoms with Crippen LogP contribution in [0.3, 0.4) is 0 Å². The summed E-state index contributed by atoms with van der Waals surface area (Å²) in [7, 11) is 0. The lowest BCUT2D eigenvalue weighted by atomic mass is 9.94. The number of hydrogen-bond donors (Lipinski definition) is 1. The molecule has 2 nitrogen and oxygen atoms in total. The van der Waals surface area contributed by atoms with E-state index in [1.54, 1.807) is 0 Å². The van der Waals surface area contributed by atoms with Gasteiger partial charge in [0.05, 0.1) is 0 Å². The molecule has 0 aromatic heterocycles. The van der Waals surface area contributed by atoms with Gasteiger partial charge in [-0.15, -0.1) is 0 Å². The summed E-state index contributed by atoms with van der Waals surface area (Å²) in [6, 6.07) is 0. The molecule has 0 saturated heterocycles. The van der Waals surface area contributed by atoms with Crippen molar-refractivity contribution in [3.8, 4) is 0 Å². The van der Waals surface area contributed by atoms with E-state index < -0.39 is 0 Å². The summed E-state index contributed by atoms with van der Waals surface area (Å²) in [5, 5.41) is 2.75. The van der Waals surface area contributed by atoms with Gasteiger partial charge in [-0.25, -0.2) is 0 Å². The van der Waals surface area contributed by atoms with Crippen LogP contribution in [0.25, 0.3) is 0 Å². The van der Waals surface area contributed by atoms with Gasteiger partial charge in [-0.2, -0.15) is 0 Å². The molecule has 2 heteroatoms. The second-order valence-corrected chi connectivity index (χ2v) is 4.42. The predicted octanol–water partition coefficient (Wildman–Crippen LogP) is 3.16. The second-order valence-electron chi connectivity index (χ2n) is 4.42. The third-order valence-electron chi connectivity index (χ3n) is 3.00. The van der Waals surface area contributed by atoms with Crippen molar-refractivity contribution in [1.82, 2.24) is 5.32 Å². The quantitative estimate of drug-likeness (QED) is 0.692. The van der Waals surface area contributed by atoms with Crippen molar-refractivity contribution >= 4 is 6.41 Å². The van der Waals surface area contributed by atoms with Crippen LogP contribution in [0.1, 0.15) is 45.4 Å². The highest BCUT2D eigenvalue weighted by atomic mass is 16.1. The number of carbonyl (C=O) groups is 1. The van der Waals surface area contributed by atoms with Gasteiger partial charge in [-0.1, -0.05) is 38.8 Å². The van der Waals surface area contributed by atoms with Crippen LogP contribution in [0.2, 0.25) is 0 Å². The van der Waals surface area contributed by atoms with Gasteiger partial charge in [0.25, 0.3) is 0 Å². The van der Waals surface area contributed by atoms with Gasteiger partial charge in [0.2, 0.25) is 6.41 Å². The van der Waals surface area contributed by atoms with Gasteiger partial charge in [-0.05, 0) is 30.8 Å². The first-order chi connectivity index (χ1) is 7.24. The average Bonchev–Trinajstić information content (AvgIpc) is 2.22. The summed E-state index contributed by atoms with van der Waals surface area (Å²) in [4.78, 5) is 10.5. The van der Waals surface area contributed by atoms with Crippen LogP contribution in [0.5, 0.6) is 0 Å². The minimum atomic E-state index is 0.708. The molecule has 1 unspecified atom stereocenters. The van der Waals surface area contributed by atoms with E-state index in [2.05, 4.69) is 24.9 Å². The van der Waals surface area contributed by atoms with Crippen LogP contribution in [0.4, 0.5) is 0 Å². The second kappa shape index (κ2) is 6.44. The van der Waals surface area contributed by atoms with E-state index in [1.807, 2.05) is 0 Å². The molecular weight excluding hydrogens is 186 g/mol. The van der Waals surface area contributed by atoms with Gasteiger partial charge in [0, 0.05) is 5.70 Å². The average molecular weight is 207 g/mol. The van der Waals surface area contributed by atoms with Crippen molar-refractivity contribution in [2.75, 3.05) is 0 Å². The first-order valence-electron chi connectivity index (χ1n) is 5.82. The zero-order chi connectivity index (χ0) is 11.1. The number of carbonyl (C=O) groups excluding carboxylic acids is 1.